The van der Waals surface area contributed by atoms with Crippen molar-refractivity contribution < 1.29 is 9.53 Å². The van der Waals surface area contributed by atoms with Crippen molar-refractivity contribution in [3.05, 3.63) is 0 Å². The first-order valence-corrected chi connectivity index (χ1v) is 6.70. The smallest absolute Gasteiger partial charge is 0.317 e. The van der Waals surface area contributed by atoms with Crippen molar-refractivity contribution in [2.24, 2.45) is 0 Å². The highest BCUT2D eigenvalue weighted by Gasteiger charge is 2.33. The van der Waals surface area contributed by atoms with Crippen LogP contribution in [0.1, 0.15) is 19.3 Å². The molecule has 96 valence electrons. The van der Waals surface area contributed by atoms with Gasteiger partial charge < -0.3 is 15.0 Å². The minimum absolute atomic E-state index is 0.142. The predicted octanol–water partition coefficient (Wildman–Crippen LogP) is 0.265. The molecule has 2 amide bonds. The Balaban J connectivity index is 1.48. The molecule has 5 nitrogen and oxygen atoms in total. The van der Waals surface area contributed by atoms with Crippen molar-refractivity contribution in [1.82, 2.24) is 15.1 Å². The highest BCUT2D eigenvalue weighted by Crippen LogP contribution is 2.21. The Hall–Kier alpha value is -0.810. The summed E-state index contributed by atoms with van der Waals surface area (Å²) in [6.45, 7) is 5.50. The van der Waals surface area contributed by atoms with Crippen LogP contribution < -0.4 is 5.32 Å². The summed E-state index contributed by atoms with van der Waals surface area (Å²) < 4.78 is 5.36. The number of nitrogens with zero attached hydrogens (tertiary/aromatic N) is 2. The quantitative estimate of drug-likeness (QED) is 0.752. The van der Waals surface area contributed by atoms with E-state index in [1.807, 2.05) is 4.90 Å². The largest absolute Gasteiger partial charge is 0.379 e. The van der Waals surface area contributed by atoms with Crippen LogP contribution in [0.25, 0.3) is 0 Å². The maximum absolute atomic E-state index is 11.9. The number of morpholine rings is 1. The zero-order chi connectivity index (χ0) is 11.7. The SMILES string of the molecule is O=C(NC1CC1)N1CCC(N2CCOCC2)C1. The van der Waals surface area contributed by atoms with E-state index in [4.69, 9.17) is 4.74 Å². The molecule has 1 atom stereocenters. The molecule has 0 spiro atoms. The van der Waals surface area contributed by atoms with E-state index >= 15 is 0 Å². The molecule has 3 rings (SSSR count). The second-order valence-electron chi connectivity index (χ2n) is 5.26. The lowest BCUT2D eigenvalue weighted by molar-refractivity contribution is 0.0191. The number of hydrogen-bond donors (Lipinski definition) is 1. The van der Waals surface area contributed by atoms with Gasteiger partial charge in [0.2, 0.25) is 0 Å². The van der Waals surface area contributed by atoms with Gasteiger partial charge in [-0.15, -0.1) is 0 Å². The zero-order valence-corrected chi connectivity index (χ0v) is 10.2. The van der Waals surface area contributed by atoms with Gasteiger partial charge in [0, 0.05) is 38.3 Å². The molecule has 1 saturated carbocycles. The first kappa shape index (κ1) is 11.3. The van der Waals surface area contributed by atoms with Gasteiger partial charge in [-0.1, -0.05) is 0 Å². The summed E-state index contributed by atoms with van der Waals surface area (Å²) in [4.78, 5) is 16.3. The van der Waals surface area contributed by atoms with Crippen LogP contribution in [0.4, 0.5) is 4.79 Å². The Morgan fingerprint density at radius 3 is 2.59 bits per heavy atom. The third-order valence-corrected chi connectivity index (χ3v) is 3.92. The topological polar surface area (TPSA) is 44.8 Å². The van der Waals surface area contributed by atoms with E-state index in [0.29, 0.717) is 12.1 Å². The van der Waals surface area contributed by atoms with E-state index in [1.54, 1.807) is 0 Å². The number of likely N-dealkylation sites (tertiary alicyclic amines) is 1. The molecular formula is C12H21N3O2. The van der Waals surface area contributed by atoms with Crippen LogP contribution in [0.2, 0.25) is 0 Å². The molecule has 0 radical (unpaired) electrons. The number of rotatable bonds is 2. The van der Waals surface area contributed by atoms with Gasteiger partial charge in [-0.3, -0.25) is 4.90 Å². The molecule has 1 N–H and O–H groups in total. The van der Waals surface area contributed by atoms with Gasteiger partial charge in [-0.25, -0.2) is 4.79 Å². The standard InChI is InChI=1S/C12H21N3O2/c16-12(13-10-1-2-10)15-4-3-11(9-15)14-5-7-17-8-6-14/h10-11H,1-9H2,(H,13,16). The number of amides is 2. The maximum atomic E-state index is 11.9. The molecule has 3 fully saturated rings. The lowest BCUT2D eigenvalue weighted by Crippen LogP contribution is -2.46. The Morgan fingerprint density at radius 2 is 1.88 bits per heavy atom. The van der Waals surface area contributed by atoms with E-state index in [0.717, 1.165) is 58.7 Å². The summed E-state index contributed by atoms with van der Waals surface area (Å²) in [5.74, 6) is 0. The van der Waals surface area contributed by atoms with Crippen molar-refractivity contribution in [2.45, 2.75) is 31.3 Å². The molecular weight excluding hydrogens is 218 g/mol. The summed E-state index contributed by atoms with van der Waals surface area (Å²) >= 11 is 0. The van der Waals surface area contributed by atoms with Crippen LogP contribution in [-0.4, -0.2) is 67.3 Å². The summed E-state index contributed by atoms with van der Waals surface area (Å²) in [5, 5.41) is 3.06. The normalized spacial score (nSPS) is 30.6. The molecule has 2 saturated heterocycles. The number of nitrogens with one attached hydrogen (secondary N) is 1. The highest BCUT2D eigenvalue weighted by atomic mass is 16.5. The van der Waals surface area contributed by atoms with E-state index in [9.17, 15) is 4.79 Å². The minimum atomic E-state index is 0.142. The molecule has 0 aromatic heterocycles. The van der Waals surface area contributed by atoms with Gasteiger partial charge in [0.05, 0.1) is 13.2 Å². The van der Waals surface area contributed by atoms with E-state index in [1.165, 1.54) is 0 Å². The molecule has 17 heavy (non-hydrogen) atoms. The van der Waals surface area contributed by atoms with E-state index in [2.05, 4.69) is 10.2 Å². The van der Waals surface area contributed by atoms with Gasteiger partial charge >= 0.3 is 6.03 Å². The van der Waals surface area contributed by atoms with Gasteiger partial charge in [0.1, 0.15) is 0 Å². The highest BCUT2D eigenvalue weighted by molar-refractivity contribution is 5.75. The van der Waals surface area contributed by atoms with Crippen molar-refractivity contribution in [2.75, 3.05) is 39.4 Å². The van der Waals surface area contributed by atoms with Gasteiger partial charge in [-0.2, -0.15) is 0 Å². The molecule has 1 aliphatic carbocycles. The maximum Gasteiger partial charge on any atom is 0.317 e. The van der Waals surface area contributed by atoms with Gasteiger partial charge in [0.25, 0.3) is 0 Å². The number of hydrogen-bond acceptors (Lipinski definition) is 3. The summed E-state index contributed by atoms with van der Waals surface area (Å²) in [7, 11) is 0. The first-order chi connectivity index (χ1) is 8.33. The monoisotopic (exact) mass is 239 g/mol. The fourth-order valence-corrected chi connectivity index (χ4v) is 2.66. The molecule has 0 aromatic rings. The van der Waals surface area contributed by atoms with E-state index in [-0.39, 0.29) is 6.03 Å². The van der Waals surface area contributed by atoms with Crippen LogP contribution in [0, 0.1) is 0 Å². The third kappa shape index (κ3) is 2.72. The second-order valence-corrected chi connectivity index (χ2v) is 5.26. The van der Waals surface area contributed by atoms with Crippen molar-refractivity contribution in [3.8, 4) is 0 Å². The number of carbonyl (C=O) groups is 1. The lowest BCUT2D eigenvalue weighted by atomic mass is 10.2. The fourth-order valence-electron chi connectivity index (χ4n) is 2.66. The second kappa shape index (κ2) is 4.82. The van der Waals surface area contributed by atoms with Crippen molar-refractivity contribution in [1.29, 1.82) is 0 Å². The van der Waals surface area contributed by atoms with Crippen LogP contribution in [-0.2, 0) is 4.74 Å². The average Bonchev–Trinajstić information content (AvgIpc) is 3.04. The fraction of sp³-hybridized carbons (Fsp3) is 0.917. The Bertz CT molecular complexity index is 287. The van der Waals surface area contributed by atoms with Crippen LogP contribution >= 0.6 is 0 Å². The van der Waals surface area contributed by atoms with Gasteiger partial charge in [0.15, 0.2) is 0 Å². The molecule has 3 aliphatic rings. The van der Waals surface area contributed by atoms with Gasteiger partial charge in [-0.05, 0) is 19.3 Å². The average molecular weight is 239 g/mol. The molecule has 0 bridgehead atoms. The molecule has 1 unspecified atom stereocenters. The van der Waals surface area contributed by atoms with Crippen LogP contribution in [0.15, 0.2) is 0 Å². The number of ether oxygens (including phenoxy) is 1. The minimum Gasteiger partial charge on any atom is -0.379 e. The number of urea groups is 1. The third-order valence-electron chi connectivity index (χ3n) is 3.92. The zero-order valence-electron chi connectivity index (χ0n) is 10.2. The molecule has 5 heteroatoms. The first-order valence-electron chi connectivity index (χ1n) is 6.70. The van der Waals surface area contributed by atoms with Crippen LogP contribution in [0.5, 0.6) is 0 Å². The Morgan fingerprint density at radius 1 is 1.12 bits per heavy atom. The Labute approximate surface area is 102 Å². The Kier molecular flexibility index (Phi) is 3.20. The summed E-state index contributed by atoms with van der Waals surface area (Å²) in [5.41, 5.74) is 0. The molecule has 0 aromatic carbocycles. The number of carbonyl (C=O) groups excluding carboxylic acids is 1. The van der Waals surface area contributed by atoms with Crippen molar-refractivity contribution in [3.63, 3.8) is 0 Å². The molecule has 2 aliphatic heterocycles. The van der Waals surface area contributed by atoms with E-state index < -0.39 is 0 Å². The predicted molar refractivity (Wildman–Crippen MR) is 63.9 cm³/mol. The van der Waals surface area contributed by atoms with Crippen molar-refractivity contribution >= 4 is 6.03 Å². The van der Waals surface area contributed by atoms with Crippen LogP contribution in [0.3, 0.4) is 0 Å². The summed E-state index contributed by atoms with van der Waals surface area (Å²) in [6, 6.07) is 1.15. The lowest BCUT2D eigenvalue weighted by Gasteiger charge is -2.32. The summed E-state index contributed by atoms with van der Waals surface area (Å²) in [6.07, 6.45) is 3.43. The molecule has 2 heterocycles.